The zero-order chi connectivity index (χ0) is 20.4. The predicted molar refractivity (Wildman–Crippen MR) is 111 cm³/mol. The second-order valence-electron chi connectivity index (χ2n) is 6.00. The first kappa shape index (κ1) is 18.5. The van der Waals surface area contributed by atoms with E-state index in [1.54, 1.807) is 31.4 Å². The maximum absolute atomic E-state index is 12.6. The predicted octanol–water partition coefficient (Wildman–Crippen LogP) is 2.79. The monoisotopic (exact) mass is 406 g/mol. The van der Waals surface area contributed by atoms with E-state index in [4.69, 9.17) is 4.74 Å². The van der Waals surface area contributed by atoms with Gasteiger partial charge in [-0.2, -0.15) is 9.50 Å². The number of thiazole rings is 1. The SMILES string of the molecule is COc1ccc(C=Cc2nc3sc(=Cc4ccccc4[N+](=O)[O-])c(=O)n3n2)cc1. The van der Waals surface area contributed by atoms with E-state index in [9.17, 15) is 14.9 Å². The minimum Gasteiger partial charge on any atom is -0.497 e. The van der Waals surface area contributed by atoms with Gasteiger partial charge in [-0.1, -0.05) is 41.7 Å². The molecule has 4 aromatic rings. The Labute approximate surface area is 168 Å². The molecule has 0 spiro atoms. The molecule has 2 aromatic carbocycles. The number of nitro groups is 1. The van der Waals surface area contributed by atoms with Gasteiger partial charge < -0.3 is 4.74 Å². The first-order chi connectivity index (χ1) is 14.0. The molecule has 2 heterocycles. The smallest absolute Gasteiger partial charge is 0.291 e. The quantitative estimate of drug-likeness (QED) is 0.373. The zero-order valence-electron chi connectivity index (χ0n) is 15.2. The van der Waals surface area contributed by atoms with Crippen molar-refractivity contribution in [1.82, 2.24) is 14.6 Å². The largest absolute Gasteiger partial charge is 0.497 e. The van der Waals surface area contributed by atoms with Crippen molar-refractivity contribution in [3.05, 3.63) is 90.5 Å². The van der Waals surface area contributed by atoms with Gasteiger partial charge in [0, 0.05) is 6.07 Å². The van der Waals surface area contributed by atoms with E-state index in [-0.39, 0.29) is 11.2 Å². The molecule has 0 N–H and O–H groups in total. The molecule has 144 valence electrons. The molecule has 0 aliphatic rings. The molecule has 0 bridgehead atoms. The molecule has 0 unspecified atom stereocenters. The maximum atomic E-state index is 12.6. The van der Waals surface area contributed by atoms with Crippen molar-refractivity contribution in [2.45, 2.75) is 0 Å². The van der Waals surface area contributed by atoms with Crippen molar-refractivity contribution in [2.75, 3.05) is 7.11 Å². The van der Waals surface area contributed by atoms with Gasteiger partial charge in [0.1, 0.15) is 5.75 Å². The van der Waals surface area contributed by atoms with E-state index in [0.29, 0.717) is 20.9 Å². The molecule has 2 aromatic heterocycles. The van der Waals surface area contributed by atoms with E-state index in [1.807, 2.05) is 30.3 Å². The molecular weight excluding hydrogens is 392 g/mol. The lowest BCUT2D eigenvalue weighted by molar-refractivity contribution is -0.385. The minimum atomic E-state index is -0.477. The average Bonchev–Trinajstić information content (AvgIpc) is 3.26. The van der Waals surface area contributed by atoms with Crippen LogP contribution in [0.2, 0.25) is 0 Å². The second-order valence-corrected chi connectivity index (χ2v) is 7.01. The fraction of sp³-hybridized carbons (Fsp3) is 0.0500. The summed E-state index contributed by atoms with van der Waals surface area (Å²) in [5.74, 6) is 1.17. The number of rotatable bonds is 5. The van der Waals surface area contributed by atoms with Gasteiger partial charge in [0.25, 0.3) is 11.2 Å². The number of nitrogens with zero attached hydrogens (tertiary/aromatic N) is 4. The lowest BCUT2D eigenvalue weighted by Gasteiger charge is -1.98. The Kier molecular flexibility index (Phi) is 4.88. The fourth-order valence-electron chi connectivity index (χ4n) is 2.72. The summed E-state index contributed by atoms with van der Waals surface area (Å²) in [6.45, 7) is 0. The molecule has 9 heteroatoms. The van der Waals surface area contributed by atoms with Gasteiger partial charge in [0.05, 0.1) is 22.1 Å². The van der Waals surface area contributed by atoms with Crippen molar-refractivity contribution in [2.24, 2.45) is 0 Å². The highest BCUT2D eigenvalue weighted by molar-refractivity contribution is 7.15. The van der Waals surface area contributed by atoms with Crippen LogP contribution in [0.15, 0.2) is 53.3 Å². The number of hydrogen-bond donors (Lipinski definition) is 0. The topological polar surface area (TPSA) is 99.6 Å². The number of benzene rings is 2. The highest BCUT2D eigenvalue weighted by atomic mass is 32.1. The zero-order valence-corrected chi connectivity index (χ0v) is 16.0. The number of ether oxygens (including phenoxy) is 1. The Morgan fingerprint density at radius 2 is 1.90 bits per heavy atom. The highest BCUT2D eigenvalue weighted by Crippen LogP contribution is 2.18. The van der Waals surface area contributed by atoms with Gasteiger partial charge in [-0.3, -0.25) is 14.9 Å². The number of hydrogen-bond acceptors (Lipinski definition) is 7. The van der Waals surface area contributed by atoms with E-state index in [1.165, 1.54) is 16.7 Å². The first-order valence-electron chi connectivity index (χ1n) is 8.52. The van der Waals surface area contributed by atoms with Crippen molar-refractivity contribution >= 4 is 40.2 Å². The molecule has 0 radical (unpaired) electrons. The number of para-hydroxylation sites is 1. The summed E-state index contributed by atoms with van der Waals surface area (Å²) < 4.78 is 6.66. The third-order valence-electron chi connectivity index (χ3n) is 4.16. The summed E-state index contributed by atoms with van der Waals surface area (Å²) >= 11 is 1.13. The van der Waals surface area contributed by atoms with Gasteiger partial charge in [0.2, 0.25) is 4.96 Å². The maximum Gasteiger partial charge on any atom is 0.291 e. The molecule has 0 aliphatic carbocycles. The van der Waals surface area contributed by atoms with Crippen LogP contribution in [0.4, 0.5) is 5.69 Å². The number of nitro benzene ring substituents is 1. The van der Waals surface area contributed by atoms with Crippen molar-refractivity contribution in [1.29, 1.82) is 0 Å². The van der Waals surface area contributed by atoms with E-state index in [2.05, 4.69) is 10.1 Å². The lowest BCUT2D eigenvalue weighted by atomic mass is 10.2. The lowest BCUT2D eigenvalue weighted by Crippen LogP contribution is -2.23. The van der Waals surface area contributed by atoms with Crippen LogP contribution in [0.5, 0.6) is 5.75 Å². The molecule has 0 aliphatic heterocycles. The Morgan fingerprint density at radius 3 is 2.59 bits per heavy atom. The van der Waals surface area contributed by atoms with Crippen LogP contribution in [0.3, 0.4) is 0 Å². The molecule has 0 saturated heterocycles. The van der Waals surface area contributed by atoms with Gasteiger partial charge in [-0.15, -0.1) is 5.10 Å². The van der Waals surface area contributed by atoms with Crippen LogP contribution in [-0.2, 0) is 0 Å². The second kappa shape index (κ2) is 7.64. The Balaban J connectivity index is 1.67. The molecule has 8 nitrogen and oxygen atoms in total. The Hall–Kier alpha value is -3.85. The number of fused-ring (bicyclic) bond motifs is 1. The van der Waals surface area contributed by atoms with Gasteiger partial charge in [-0.05, 0) is 35.9 Å². The number of aromatic nitrogens is 3. The van der Waals surface area contributed by atoms with Crippen molar-refractivity contribution in [3.63, 3.8) is 0 Å². The van der Waals surface area contributed by atoms with Gasteiger partial charge in [0.15, 0.2) is 5.82 Å². The third kappa shape index (κ3) is 3.76. The van der Waals surface area contributed by atoms with Gasteiger partial charge in [-0.25, -0.2) is 0 Å². The molecule has 0 amide bonds. The standard InChI is InChI=1S/C20H14N4O4S/c1-28-15-9-6-13(7-10-15)8-11-18-21-20-23(22-18)19(25)17(29-20)12-14-4-2-3-5-16(14)24(26)27/h2-12H,1H3. The molecule has 4 rings (SSSR count). The summed E-state index contributed by atoms with van der Waals surface area (Å²) in [4.78, 5) is 28.1. The molecule has 0 saturated carbocycles. The van der Waals surface area contributed by atoms with Crippen molar-refractivity contribution < 1.29 is 9.66 Å². The van der Waals surface area contributed by atoms with E-state index in [0.717, 1.165) is 22.6 Å². The summed E-state index contributed by atoms with van der Waals surface area (Å²) in [7, 11) is 1.61. The molecule has 29 heavy (non-hydrogen) atoms. The van der Waals surface area contributed by atoms with E-state index >= 15 is 0 Å². The summed E-state index contributed by atoms with van der Waals surface area (Å²) in [5.41, 5.74) is 0.879. The van der Waals surface area contributed by atoms with Crippen LogP contribution in [0.1, 0.15) is 17.0 Å². The van der Waals surface area contributed by atoms with Crippen LogP contribution in [0.25, 0.3) is 23.2 Å². The van der Waals surface area contributed by atoms with Crippen molar-refractivity contribution in [3.8, 4) is 5.75 Å². The molecule has 0 atom stereocenters. The fourth-order valence-corrected chi connectivity index (χ4v) is 3.63. The summed E-state index contributed by atoms with van der Waals surface area (Å²) in [5, 5.41) is 15.4. The number of methoxy groups -OCH3 is 1. The summed E-state index contributed by atoms with van der Waals surface area (Å²) in [6.07, 6.45) is 5.05. The molecular formula is C20H14N4O4S. The van der Waals surface area contributed by atoms with E-state index < -0.39 is 4.92 Å². The van der Waals surface area contributed by atoms with Crippen LogP contribution in [-0.4, -0.2) is 26.6 Å². The Bertz CT molecular complexity index is 1340. The van der Waals surface area contributed by atoms with Crippen LogP contribution >= 0.6 is 11.3 Å². The highest BCUT2D eigenvalue weighted by Gasteiger charge is 2.13. The van der Waals surface area contributed by atoms with Crippen LogP contribution < -0.4 is 14.8 Å². The average molecular weight is 406 g/mol. The van der Waals surface area contributed by atoms with Crippen LogP contribution in [0, 0.1) is 10.1 Å². The third-order valence-corrected chi connectivity index (χ3v) is 5.12. The Morgan fingerprint density at radius 1 is 1.14 bits per heavy atom. The minimum absolute atomic E-state index is 0.0611. The summed E-state index contributed by atoms with van der Waals surface area (Å²) in [6, 6.07) is 13.7. The molecule has 0 fully saturated rings. The normalized spacial score (nSPS) is 12.1. The van der Waals surface area contributed by atoms with Gasteiger partial charge >= 0.3 is 0 Å². The first-order valence-corrected chi connectivity index (χ1v) is 9.33.